The van der Waals surface area contributed by atoms with E-state index in [1.165, 1.54) is 0 Å². The van der Waals surface area contributed by atoms with Crippen molar-refractivity contribution in [3.05, 3.63) is 98.1 Å². The van der Waals surface area contributed by atoms with Crippen molar-refractivity contribution < 1.29 is 19.1 Å². The third-order valence-corrected chi connectivity index (χ3v) is 6.30. The van der Waals surface area contributed by atoms with Crippen LogP contribution in [0.4, 0.5) is 10.5 Å². The summed E-state index contributed by atoms with van der Waals surface area (Å²) in [7, 11) is 0. The molecular formula is C26H21Br2N3O4. The number of carbonyl (C=O) groups is 3. The van der Waals surface area contributed by atoms with Gasteiger partial charge in [-0.05, 0) is 85.8 Å². The minimum absolute atomic E-state index is 0.0788. The van der Waals surface area contributed by atoms with Crippen molar-refractivity contribution in [1.29, 1.82) is 0 Å². The molecule has 3 aromatic carbocycles. The van der Waals surface area contributed by atoms with Gasteiger partial charge in [0.25, 0.3) is 5.91 Å². The smallest absolute Gasteiger partial charge is 0.329 e. The minimum atomic E-state index is -0.651. The Hall–Kier alpha value is -3.43. The normalized spacial score (nSPS) is 14.3. The molecule has 35 heavy (non-hydrogen) atoms. The number of urea groups is 1. The van der Waals surface area contributed by atoms with E-state index in [4.69, 9.17) is 4.74 Å². The molecule has 4 rings (SSSR count). The van der Waals surface area contributed by atoms with Crippen LogP contribution >= 0.6 is 31.9 Å². The maximum Gasteiger partial charge on any atom is 0.329 e. The number of carbonyl (C=O) groups excluding carboxylic acids is 3. The van der Waals surface area contributed by atoms with Crippen LogP contribution in [0.3, 0.4) is 0 Å². The highest BCUT2D eigenvalue weighted by Gasteiger charge is 2.35. The van der Waals surface area contributed by atoms with Gasteiger partial charge in [0, 0.05) is 5.69 Å². The van der Waals surface area contributed by atoms with Crippen LogP contribution < -0.4 is 15.4 Å². The highest BCUT2D eigenvalue weighted by atomic mass is 79.9. The summed E-state index contributed by atoms with van der Waals surface area (Å²) in [6.07, 6.45) is 1.55. The first kappa shape index (κ1) is 24.7. The van der Waals surface area contributed by atoms with E-state index >= 15 is 0 Å². The number of imide groups is 1. The molecular weight excluding hydrogens is 578 g/mol. The molecule has 7 nitrogen and oxygen atoms in total. The molecule has 0 saturated carbocycles. The van der Waals surface area contributed by atoms with Crippen molar-refractivity contribution in [2.45, 2.75) is 13.5 Å². The summed E-state index contributed by atoms with van der Waals surface area (Å²) in [6, 6.07) is 20.0. The third kappa shape index (κ3) is 6.17. The number of hydrogen-bond acceptors (Lipinski definition) is 4. The molecule has 1 fully saturated rings. The quantitative estimate of drug-likeness (QED) is 0.272. The van der Waals surface area contributed by atoms with Gasteiger partial charge < -0.3 is 15.4 Å². The van der Waals surface area contributed by atoms with E-state index in [1.807, 2.05) is 49.4 Å². The zero-order valence-corrected chi connectivity index (χ0v) is 21.9. The fraction of sp³-hybridized carbons (Fsp3) is 0.115. The van der Waals surface area contributed by atoms with Crippen molar-refractivity contribution in [2.24, 2.45) is 0 Å². The number of hydrogen-bond donors (Lipinski definition) is 2. The Balaban J connectivity index is 1.44. The second-order valence-electron chi connectivity index (χ2n) is 7.89. The van der Waals surface area contributed by atoms with Crippen LogP contribution in [0.15, 0.2) is 81.4 Å². The highest BCUT2D eigenvalue weighted by molar-refractivity contribution is 9.11. The summed E-state index contributed by atoms with van der Waals surface area (Å²) < 4.78 is 7.29. The predicted octanol–water partition coefficient (Wildman–Crippen LogP) is 5.63. The van der Waals surface area contributed by atoms with E-state index in [2.05, 4.69) is 42.5 Å². The van der Waals surface area contributed by atoms with Crippen LogP contribution in [-0.2, 0) is 16.2 Å². The second kappa shape index (κ2) is 10.9. The van der Waals surface area contributed by atoms with Gasteiger partial charge in [-0.3, -0.25) is 9.59 Å². The number of nitrogens with zero attached hydrogens (tertiary/aromatic N) is 1. The van der Waals surface area contributed by atoms with Crippen molar-refractivity contribution in [3.63, 3.8) is 0 Å². The summed E-state index contributed by atoms with van der Waals surface area (Å²) in [5, 5.41) is 5.24. The summed E-state index contributed by atoms with van der Waals surface area (Å²) in [5.74, 6) is -0.427. The number of aryl methyl sites for hydroxylation is 1. The molecule has 1 heterocycles. The molecule has 0 unspecified atom stereocenters. The van der Waals surface area contributed by atoms with E-state index in [1.54, 1.807) is 30.3 Å². The topological polar surface area (TPSA) is 87.7 Å². The van der Waals surface area contributed by atoms with Gasteiger partial charge in [-0.1, -0.05) is 42.5 Å². The lowest BCUT2D eigenvalue weighted by Gasteiger charge is -2.12. The van der Waals surface area contributed by atoms with Gasteiger partial charge in [-0.2, -0.15) is 0 Å². The molecule has 178 valence electrons. The summed E-state index contributed by atoms with van der Waals surface area (Å²) in [5.41, 5.74) is 3.35. The van der Waals surface area contributed by atoms with Crippen molar-refractivity contribution in [3.8, 4) is 5.75 Å². The molecule has 9 heteroatoms. The standard InChI is InChI=1S/C26H21Br2N3O4/c1-16-6-5-9-19(10-16)29-23(32)14-31-25(33)22(30-26(31)34)13-18-11-20(27)24(21(28)12-18)35-15-17-7-3-2-4-8-17/h2-13H,14-15H2,1H3,(H,29,32)(H,30,34)/b22-13+. The lowest BCUT2D eigenvalue weighted by atomic mass is 10.2. The first-order valence-corrected chi connectivity index (χ1v) is 12.3. The predicted molar refractivity (Wildman–Crippen MR) is 141 cm³/mol. The molecule has 0 radical (unpaired) electrons. The number of amides is 4. The van der Waals surface area contributed by atoms with Crippen LogP contribution in [-0.4, -0.2) is 29.3 Å². The molecule has 2 N–H and O–H groups in total. The zero-order chi connectivity index (χ0) is 24.9. The first-order chi connectivity index (χ1) is 16.8. The van der Waals surface area contributed by atoms with E-state index in [0.717, 1.165) is 16.0 Å². The Bertz CT molecular complexity index is 1300. The maximum absolute atomic E-state index is 12.8. The Kier molecular flexibility index (Phi) is 7.67. The highest BCUT2D eigenvalue weighted by Crippen LogP contribution is 2.36. The van der Waals surface area contributed by atoms with E-state index < -0.39 is 24.4 Å². The number of benzene rings is 3. The van der Waals surface area contributed by atoms with Gasteiger partial charge in [0.05, 0.1) is 8.95 Å². The molecule has 0 aromatic heterocycles. The lowest BCUT2D eigenvalue weighted by molar-refractivity contribution is -0.127. The second-order valence-corrected chi connectivity index (χ2v) is 9.59. The molecule has 4 amide bonds. The summed E-state index contributed by atoms with van der Waals surface area (Å²) >= 11 is 7.02. The third-order valence-electron chi connectivity index (χ3n) is 5.12. The first-order valence-electron chi connectivity index (χ1n) is 10.7. The van der Waals surface area contributed by atoms with E-state index in [-0.39, 0.29) is 5.70 Å². The van der Waals surface area contributed by atoms with Crippen LogP contribution in [0, 0.1) is 6.92 Å². The maximum atomic E-state index is 12.8. The monoisotopic (exact) mass is 597 g/mol. The lowest BCUT2D eigenvalue weighted by Crippen LogP contribution is -2.38. The Morgan fingerprint density at radius 1 is 1.03 bits per heavy atom. The number of nitrogens with one attached hydrogen (secondary N) is 2. The minimum Gasteiger partial charge on any atom is -0.487 e. The fourth-order valence-electron chi connectivity index (χ4n) is 3.48. The summed E-state index contributed by atoms with van der Waals surface area (Å²) in [4.78, 5) is 38.4. The SMILES string of the molecule is Cc1cccc(NC(=O)CN2C(=O)N/C(=C/c3cc(Br)c(OCc4ccccc4)c(Br)c3)C2=O)c1. The van der Waals surface area contributed by atoms with E-state index in [9.17, 15) is 14.4 Å². The average Bonchev–Trinajstić information content (AvgIpc) is 3.06. The molecule has 1 aliphatic rings. The number of halogens is 2. The molecule has 1 aliphatic heterocycles. The van der Waals surface area contributed by atoms with Gasteiger partial charge in [0.1, 0.15) is 24.6 Å². The summed E-state index contributed by atoms with van der Waals surface area (Å²) in [6.45, 7) is 1.91. The van der Waals surface area contributed by atoms with Gasteiger partial charge in [-0.15, -0.1) is 0 Å². The molecule has 0 aliphatic carbocycles. The average molecular weight is 599 g/mol. The van der Waals surface area contributed by atoms with Gasteiger partial charge in [0.15, 0.2) is 0 Å². The number of ether oxygens (including phenoxy) is 1. The molecule has 0 bridgehead atoms. The number of anilines is 1. The van der Waals surface area contributed by atoms with Crippen LogP contribution in [0.25, 0.3) is 6.08 Å². The van der Waals surface area contributed by atoms with Crippen LogP contribution in [0.1, 0.15) is 16.7 Å². The zero-order valence-electron chi connectivity index (χ0n) is 18.7. The van der Waals surface area contributed by atoms with Crippen molar-refractivity contribution in [2.75, 3.05) is 11.9 Å². The van der Waals surface area contributed by atoms with Crippen molar-refractivity contribution >= 4 is 61.5 Å². The van der Waals surface area contributed by atoms with Crippen molar-refractivity contribution in [1.82, 2.24) is 10.2 Å². The molecule has 3 aromatic rings. The Morgan fingerprint density at radius 3 is 2.43 bits per heavy atom. The van der Waals surface area contributed by atoms with Gasteiger partial charge in [-0.25, -0.2) is 9.69 Å². The van der Waals surface area contributed by atoms with Crippen LogP contribution in [0.2, 0.25) is 0 Å². The van der Waals surface area contributed by atoms with Crippen LogP contribution in [0.5, 0.6) is 5.75 Å². The van der Waals surface area contributed by atoms with E-state index in [0.29, 0.717) is 32.6 Å². The molecule has 0 atom stereocenters. The van der Waals surface area contributed by atoms with Gasteiger partial charge >= 0.3 is 6.03 Å². The Morgan fingerprint density at radius 2 is 1.74 bits per heavy atom. The molecule has 0 spiro atoms. The largest absolute Gasteiger partial charge is 0.487 e. The fourth-order valence-corrected chi connectivity index (χ4v) is 4.93. The van der Waals surface area contributed by atoms with Gasteiger partial charge in [0.2, 0.25) is 5.91 Å². The number of rotatable bonds is 7. The molecule has 1 saturated heterocycles. The Labute approximate surface area is 219 Å².